The second kappa shape index (κ2) is 6.00. The van der Waals surface area contributed by atoms with Crippen molar-refractivity contribution >= 4 is 0 Å². The zero-order valence-corrected chi connectivity index (χ0v) is 11.0. The Balaban J connectivity index is 2.66. The molecule has 0 bridgehead atoms. The lowest BCUT2D eigenvalue weighted by Gasteiger charge is -2.32. The molecule has 16 heavy (non-hydrogen) atoms. The van der Waals surface area contributed by atoms with Gasteiger partial charge in [-0.05, 0) is 37.8 Å². The van der Waals surface area contributed by atoms with Gasteiger partial charge in [0.25, 0.3) is 0 Å². The summed E-state index contributed by atoms with van der Waals surface area (Å²) in [5, 5.41) is 3.68. The number of hydrogen-bond donors (Lipinski definition) is 1. The van der Waals surface area contributed by atoms with Crippen LogP contribution in [0.2, 0.25) is 0 Å². The smallest absolute Gasteiger partial charge is 0.0570 e. The molecule has 1 rings (SSSR count). The van der Waals surface area contributed by atoms with Crippen LogP contribution < -0.4 is 5.32 Å². The van der Waals surface area contributed by atoms with Crippen molar-refractivity contribution in [2.45, 2.75) is 59.0 Å². The molecule has 2 heteroatoms. The third-order valence-electron chi connectivity index (χ3n) is 3.78. The zero-order valence-electron chi connectivity index (χ0n) is 11.0. The van der Waals surface area contributed by atoms with Gasteiger partial charge in [-0.15, -0.1) is 0 Å². The molecule has 1 aromatic rings. The van der Waals surface area contributed by atoms with Crippen LogP contribution in [0.15, 0.2) is 18.3 Å². The van der Waals surface area contributed by atoms with E-state index in [1.165, 1.54) is 30.5 Å². The molecule has 0 unspecified atom stereocenters. The van der Waals surface area contributed by atoms with Crippen molar-refractivity contribution in [2.75, 3.05) is 0 Å². The summed E-state index contributed by atoms with van der Waals surface area (Å²) < 4.78 is 0. The van der Waals surface area contributed by atoms with E-state index in [0.29, 0.717) is 0 Å². The van der Waals surface area contributed by atoms with Gasteiger partial charge in [-0.2, -0.15) is 0 Å². The number of nitrogens with one attached hydrogen (secondary N) is 1. The van der Waals surface area contributed by atoms with Gasteiger partial charge in [-0.3, -0.25) is 4.98 Å². The lowest BCUT2D eigenvalue weighted by molar-refractivity contribution is 0.286. The first-order chi connectivity index (χ1) is 7.67. The van der Waals surface area contributed by atoms with Crippen molar-refractivity contribution in [1.82, 2.24) is 10.3 Å². The highest BCUT2D eigenvalue weighted by Crippen LogP contribution is 2.20. The SMILES string of the molecule is CCC(CC)(CC)NCc1ncccc1C. The highest BCUT2D eigenvalue weighted by atomic mass is 15.0. The molecule has 0 aliphatic heterocycles. The first-order valence-electron chi connectivity index (χ1n) is 6.33. The molecule has 1 N–H and O–H groups in total. The molecule has 1 aromatic heterocycles. The first-order valence-corrected chi connectivity index (χ1v) is 6.33. The fraction of sp³-hybridized carbons (Fsp3) is 0.643. The van der Waals surface area contributed by atoms with Crippen LogP contribution in [0.1, 0.15) is 51.3 Å². The summed E-state index contributed by atoms with van der Waals surface area (Å²) in [4.78, 5) is 4.42. The number of pyridine rings is 1. The maximum absolute atomic E-state index is 4.42. The van der Waals surface area contributed by atoms with Crippen LogP contribution in [0.5, 0.6) is 0 Å². The molecular weight excluding hydrogens is 196 g/mol. The van der Waals surface area contributed by atoms with E-state index in [0.717, 1.165) is 6.54 Å². The van der Waals surface area contributed by atoms with E-state index in [9.17, 15) is 0 Å². The van der Waals surface area contributed by atoms with Crippen molar-refractivity contribution in [3.05, 3.63) is 29.6 Å². The van der Waals surface area contributed by atoms with Gasteiger partial charge < -0.3 is 5.32 Å². The average molecular weight is 220 g/mol. The van der Waals surface area contributed by atoms with E-state index < -0.39 is 0 Å². The maximum Gasteiger partial charge on any atom is 0.0570 e. The molecular formula is C14H24N2. The standard InChI is InChI=1S/C14H24N2/c1-5-14(6-2,7-3)16-11-13-12(4)9-8-10-15-13/h8-10,16H,5-7,11H2,1-4H3. The van der Waals surface area contributed by atoms with Crippen LogP contribution in [-0.2, 0) is 6.54 Å². The Kier molecular flexibility index (Phi) is 4.94. The summed E-state index contributed by atoms with van der Waals surface area (Å²) >= 11 is 0. The molecule has 0 spiro atoms. The monoisotopic (exact) mass is 220 g/mol. The number of aryl methyl sites for hydroxylation is 1. The highest BCUT2D eigenvalue weighted by Gasteiger charge is 2.22. The van der Waals surface area contributed by atoms with Crippen LogP contribution >= 0.6 is 0 Å². The Morgan fingerprint density at radius 2 is 1.81 bits per heavy atom. The fourth-order valence-corrected chi connectivity index (χ4v) is 2.10. The number of aromatic nitrogens is 1. The molecule has 0 saturated carbocycles. The minimum Gasteiger partial charge on any atom is -0.306 e. The van der Waals surface area contributed by atoms with E-state index in [-0.39, 0.29) is 5.54 Å². The lowest BCUT2D eigenvalue weighted by Crippen LogP contribution is -2.43. The van der Waals surface area contributed by atoms with E-state index in [2.05, 4.69) is 44.1 Å². The number of nitrogens with zero attached hydrogens (tertiary/aromatic N) is 1. The Labute approximate surface area is 99.5 Å². The summed E-state index contributed by atoms with van der Waals surface area (Å²) in [5.41, 5.74) is 2.72. The highest BCUT2D eigenvalue weighted by molar-refractivity contribution is 5.17. The van der Waals surface area contributed by atoms with Crippen LogP contribution in [0, 0.1) is 6.92 Å². The molecule has 0 aliphatic rings. The Bertz CT molecular complexity index is 308. The second-order valence-electron chi connectivity index (χ2n) is 4.46. The Hall–Kier alpha value is -0.890. The average Bonchev–Trinajstić information content (AvgIpc) is 2.34. The second-order valence-corrected chi connectivity index (χ2v) is 4.46. The largest absolute Gasteiger partial charge is 0.306 e. The van der Waals surface area contributed by atoms with Crippen LogP contribution in [-0.4, -0.2) is 10.5 Å². The van der Waals surface area contributed by atoms with Crippen LogP contribution in [0.25, 0.3) is 0 Å². The van der Waals surface area contributed by atoms with Gasteiger partial charge in [0.1, 0.15) is 0 Å². The van der Waals surface area contributed by atoms with E-state index in [4.69, 9.17) is 0 Å². The van der Waals surface area contributed by atoms with Gasteiger partial charge in [0.15, 0.2) is 0 Å². The third kappa shape index (κ3) is 3.05. The normalized spacial score (nSPS) is 11.8. The van der Waals surface area contributed by atoms with Crippen molar-refractivity contribution in [2.24, 2.45) is 0 Å². The quantitative estimate of drug-likeness (QED) is 0.794. The first kappa shape index (κ1) is 13.2. The van der Waals surface area contributed by atoms with Gasteiger partial charge in [0.05, 0.1) is 5.69 Å². The number of rotatable bonds is 6. The van der Waals surface area contributed by atoms with Crippen molar-refractivity contribution in [3.63, 3.8) is 0 Å². The maximum atomic E-state index is 4.42. The van der Waals surface area contributed by atoms with Gasteiger partial charge in [-0.25, -0.2) is 0 Å². The van der Waals surface area contributed by atoms with Crippen molar-refractivity contribution in [3.8, 4) is 0 Å². The topological polar surface area (TPSA) is 24.9 Å². The van der Waals surface area contributed by atoms with Crippen molar-refractivity contribution in [1.29, 1.82) is 0 Å². The molecule has 0 saturated heterocycles. The summed E-state index contributed by atoms with van der Waals surface area (Å²) in [7, 11) is 0. The molecule has 0 atom stereocenters. The summed E-state index contributed by atoms with van der Waals surface area (Å²) in [6.45, 7) is 9.76. The molecule has 0 aromatic carbocycles. The van der Waals surface area contributed by atoms with E-state index in [1.54, 1.807) is 0 Å². The predicted molar refractivity (Wildman–Crippen MR) is 69.4 cm³/mol. The summed E-state index contributed by atoms with van der Waals surface area (Å²) in [5.74, 6) is 0. The van der Waals surface area contributed by atoms with Gasteiger partial charge in [0.2, 0.25) is 0 Å². The minimum atomic E-state index is 0.282. The predicted octanol–water partition coefficient (Wildman–Crippen LogP) is 3.45. The number of hydrogen-bond acceptors (Lipinski definition) is 2. The molecule has 1 heterocycles. The third-order valence-corrected chi connectivity index (χ3v) is 3.78. The van der Waals surface area contributed by atoms with Crippen molar-refractivity contribution < 1.29 is 0 Å². The molecule has 2 nitrogen and oxygen atoms in total. The zero-order chi connectivity index (χ0) is 12.0. The van der Waals surface area contributed by atoms with Crippen LogP contribution in [0.4, 0.5) is 0 Å². The summed E-state index contributed by atoms with van der Waals surface area (Å²) in [6.07, 6.45) is 5.39. The van der Waals surface area contributed by atoms with Gasteiger partial charge >= 0.3 is 0 Å². The van der Waals surface area contributed by atoms with Gasteiger partial charge in [-0.1, -0.05) is 26.8 Å². The molecule has 0 radical (unpaired) electrons. The molecule has 0 amide bonds. The van der Waals surface area contributed by atoms with E-state index in [1.807, 2.05) is 12.3 Å². The molecule has 0 aliphatic carbocycles. The fourth-order valence-electron chi connectivity index (χ4n) is 2.10. The molecule has 90 valence electrons. The Morgan fingerprint density at radius 3 is 2.31 bits per heavy atom. The van der Waals surface area contributed by atoms with Gasteiger partial charge in [0, 0.05) is 18.3 Å². The molecule has 0 fully saturated rings. The minimum absolute atomic E-state index is 0.282. The van der Waals surface area contributed by atoms with Crippen LogP contribution in [0.3, 0.4) is 0 Å². The Morgan fingerprint density at radius 1 is 1.19 bits per heavy atom. The lowest BCUT2D eigenvalue weighted by atomic mass is 9.89. The summed E-state index contributed by atoms with van der Waals surface area (Å²) in [6, 6.07) is 4.11. The van der Waals surface area contributed by atoms with E-state index >= 15 is 0 Å².